The van der Waals surface area contributed by atoms with E-state index in [4.69, 9.17) is 4.42 Å². The first-order valence-electron chi connectivity index (χ1n) is 21.7. The molecule has 0 aliphatic carbocycles. The summed E-state index contributed by atoms with van der Waals surface area (Å²) in [5.41, 5.74) is 13.5. The molecule has 0 atom stereocenters. The number of hydrogen-bond acceptors (Lipinski definition) is 3. The van der Waals surface area contributed by atoms with Crippen LogP contribution in [0.3, 0.4) is 0 Å². The summed E-state index contributed by atoms with van der Waals surface area (Å²) in [6.45, 7) is 12.3. The standard InChI is InChI=1S/C57H48N2OSi2/c1-61(2,3)43-33-30-41(31-34-43)58(40-20-10-7-11-21-40)51-37-36-47-46-35-32-42(38-55(46)62(4,5)54-29-17-25-49(51)56(47)54)59(50-26-14-12-22-44(50)39-18-8-6-9-19-39)52-27-16-24-48-45-23-13-15-28-53(45)60-57(48)52/h6-38H,1-5H3. The normalized spacial score (nSPS) is 13.0. The molecule has 2 heterocycles. The first kappa shape index (κ1) is 38.0. The lowest BCUT2D eigenvalue weighted by Crippen LogP contribution is -2.56. The molecule has 11 rings (SSSR count). The maximum absolute atomic E-state index is 6.77. The third-order valence-corrected chi connectivity index (χ3v) is 18.6. The van der Waals surface area contributed by atoms with Gasteiger partial charge in [0.05, 0.1) is 25.1 Å². The van der Waals surface area contributed by atoms with Gasteiger partial charge in [0.25, 0.3) is 0 Å². The van der Waals surface area contributed by atoms with Crippen molar-refractivity contribution in [1.29, 1.82) is 0 Å². The average molecular weight is 833 g/mol. The third-order valence-electron chi connectivity index (χ3n) is 13.0. The molecule has 1 aliphatic rings. The number of para-hydroxylation sites is 4. The number of hydrogen-bond donors (Lipinski definition) is 0. The first-order valence-corrected chi connectivity index (χ1v) is 28.2. The molecule has 0 fully saturated rings. The minimum Gasteiger partial charge on any atom is -0.454 e. The maximum Gasteiger partial charge on any atom is 0.159 e. The van der Waals surface area contributed by atoms with Gasteiger partial charge in [-0.15, -0.1) is 0 Å². The Morgan fingerprint density at radius 3 is 1.82 bits per heavy atom. The Bertz CT molecular complexity index is 3310. The molecular formula is C57H48N2OSi2. The Morgan fingerprint density at radius 1 is 0.419 bits per heavy atom. The van der Waals surface area contributed by atoms with E-state index in [1.807, 2.05) is 0 Å². The van der Waals surface area contributed by atoms with Crippen LogP contribution in [0.2, 0.25) is 32.7 Å². The lowest BCUT2D eigenvalue weighted by atomic mass is 9.95. The van der Waals surface area contributed by atoms with Crippen LogP contribution in [-0.2, 0) is 0 Å². The van der Waals surface area contributed by atoms with Gasteiger partial charge in [0.2, 0.25) is 0 Å². The zero-order valence-corrected chi connectivity index (χ0v) is 37.9. The van der Waals surface area contributed by atoms with Crippen LogP contribution in [0.4, 0.5) is 34.1 Å². The highest BCUT2D eigenvalue weighted by Gasteiger charge is 2.37. The van der Waals surface area contributed by atoms with E-state index in [9.17, 15) is 0 Å². The summed E-state index contributed by atoms with van der Waals surface area (Å²) in [7, 11) is -3.77. The number of anilines is 6. The fourth-order valence-corrected chi connectivity index (χ4v) is 14.1. The zero-order valence-electron chi connectivity index (χ0n) is 35.9. The second kappa shape index (κ2) is 14.6. The van der Waals surface area contributed by atoms with Crippen molar-refractivity contribution >= 4 is 98.5 Å². The van der Waals surface area contributed by atoms with Crippen LogP contribution >= 0.6 is 0 Å². The molecule has 62 heavy (non-hydrogen) atoms. The maximum atomic E-state index is 6.77. The molecule has 1 aromatic heterocycles. The van der Waals surface area contributed by atoms with Gasteiger partial charge in [0.15, 0.2) is 5.58 Å². The second-order valence-electron chi connectivity index (χ2n) is 18.2. The molecule has 300 valence electrons. The predicted molar refractivity (Wildman–Crippen MR) is 271 cm³/mol. The number of benzene rings is 9. The molecule has 0 saturated heterocycles. The van der Waals surface area contributed by atoms with E-state index in [2.05, 4.69) is 243 Å². The van der Waals surface area contributed by atoms with Gasteiger partial charge in [-0.05, 0) is 93.1 Å². The van der Waals surface area contributed by atoms with Gasteiger partial charge in [-0.25, -0.2) is 0 Å². The van der Waals surface area contributed by atoms with Crippen LogP contribution in [0.5, 0.6) is 0 Å². The molecule has 0 unspecified atom stereocenters. The van der Waals surface area contributed by atoms with Crippen molar-refractivity contribution in [2.75, 3.05) is 9.80 Å². The van der Waals surface area contributed by atoms with Gasteiger partial charge in [-0.3, -0.25) is 0 Å². The minimum atomic E-state index is -2.31. The van der Waals surface area contributed by atoms with Crippen molar-refractivity contribution in [2.45, 2.75) is 32.7 Å². The lowest BCUT2D eigenvalue weighted by molar-refractivity contribution is 0.669. The average Bonchev–Trinajstić information content (AvgIpc) is 3.69. The lowest BCUT2D eigenvalue weighted by Gasteiger charge is -2.36. The first-order chi connectivity index (χ1) is 30.2. The molecule has 0 saturated carbocycles. The molecule has 1 aliphatic heterocycles. The van der Waals surface area contributed by atoms with Gasteiger partial charge in [0, 0.05) is 38.8 Å². The second-order valence-corrected chi connectivity index (χ2v) is 27.6. The Kier molecular flexibility index (Phi) is 8.97. The summed E-state index contributed by atoms with van der Waals surface area (Å²) in [6.07, 6.45) is 0. The van der Waals surface area contributed by atoms with Crippen LogP contribution in [0.15, 0.2) is 205 Å². The number of fused-ring (bicyclic) bond motifs is 5. The molecule has 0 amide bonds. The Labute approximate surface area is 366 Å². The van der Waals surface area contributed by atoms with Gasteiger partial charge >= 0.3 is 0 Å². The van der Waals surface area contributed by atoms with Crippen molar-refractivity contribution < 1.29 is 4.42 Å². The van der Waals surface area contributed by atoms with Crippen molar-refractivity contribution in [1.82, 2.24) is 0 Å². The van der Waals surface area contributed by atoms with Crippen LogP contribution < -0.4 is 25.4 Å². The van der Waals surface area contributed by atoms with Crippen LogP contribution in [0, 0.1) is 0 Å². The highest BCUT2D eigenvalue weighted by molar-refractivity contribution is 7.03. The number of furan rings is 1. The summed E-state index contributed by atoms with van der Waals surface area (Å²) >= 11 is 0. The monoisotopic (exact) mass is 832 g/mol. The van der Waals surface area contributed by atoms with Crippen molar-refractivity contribution in [3.63, 3.8) is 0 Å². The van der Waals surface area contributed by atoms with Gasteiger partial charge in [0.1, 0.15) is 13.7 Å². The van der Waals surface area contributed by atoms with Crippen LogP contribution in [0.25, 0.3) is 55.0 Å². The Hall–Kier alpha value is -6.93. The smallest absolute Gasteiger partial charge is 0.159 e. The SMILES string of the molecule is C[Si](C)(C)c1ccc(N(c2ccccc2)c2ccc3c4c(cccc24)[Si](C)(C)c2cc(N(c4ccccc4-c4ccccc4)c4cccc5c4oc4ccccc45)ccc2-3)cc1. The van der Waals surface area contributed by atoms with E-state index in [1.165, 1.54) is 54.4 Å². The van der Waals surface area contributed by atoms with E-state index < -0.39 is 16.1 Å². The summed E-state index contributed by atoms with van der Waals surface area (Å²) in [5.74, 6) is 0. The van der Waals surface area contributed by atoms with Crippen molar-refractivity contribution in [3.05, 3.63) is 200 Å². The molecule has 0 spiro atoms. The molecule has 10 aromatic rings. The molecular weight excluding hydrogens is 785 g/mol. The predicted octanol–water partition coefficient (Wildman–Crippen LogP) is 14.7. The van der Waals surface area contributed by atoms with E-state index >= 15 is 0 Å². The van der Waals surface area contributed by atoms with E-state index in [1.54, 1.807) is 0 Å². The minimum absolute atomic E-state index is 0.881. The van der Waals surface area contributed by atoms with Crippen LogP contribution in [-0.4, -0.2) is 16.1 Å². The van der Waals surface area contributed by atoms with E-state index in [0.29, 0.717) is 0 Å². The number of nitrogens with zero attached hydrogens (tertiary/aromatic N) is 2. The molecule has 3 nitrogen and oxygen atoms in total. The highest BCUT2D eigenvalue weighted by Crippen LogP contribution is 2.47. The van der Waals surface area contributed by atoms with Crippen molar-refractivity contribution in [2.24, 2.45) is 0 Å². The quantitative estimate of drug-likeness (QED) is 0.142. The van der Waals surface area contributed by atoms with Crippen LogP contribution in [0.1, 0.15) is 0 Å². The van der Waals surface area contributed by atoms with E-state index in [0.717, 1.165) is 50.3 Å². The molecule has 0 N–H and O–H groups in total. The molecule has 0 radical (unpaired) electrons. The summed E-state index contributed by atoms with van der Waals surface area (Å²) in [5, 5.41) is 9.26. The topological polar surface area (TPSA) is 19.6 Å². The summed E-state index contributed by atoms with van der Waals surface area (Å²) in [6, 6.07) is 73.6. The highest BCUT2D eigenvalue weighted by atomic mass is 28.3. The van der Waals surface area contributed by atoms with Gasteiger partial charge < -0.3 is 14.2 Å². The molecule has 9 aromatic carbocycles. The summed E-state index contributed by atoms with van der Waals surface area (Å²) in [4.78, 5) is 4.88. The molecule has 5 heteroatoms. The molecule has 0 bridgehead atoms. The Morgan fingerprint density at radius 2 is 1.03 bits per heavy atom. The van der Waals surface area contributed by atoms with Gasteiger partial charge in [-0.1, -0.05) is 177 Å². The van der Waals surface area contributed by atoms with E-state index in [-0.39, 0.29) is 0 Å². The fourth-order valence-electron chi connectivity index (χ4n) is 9.86. The third kappa shape index (κ3) is 6.14. The number of rotatable bonds is 8. The summed E-state index contributed by atoms with van der Waals surface area (Å²) < 4.78 is 6.77. The van der Waals surface area contributed by atoms with Gasteiger partial charge in [-0.2, -0.15) is 0 Å². The largest absolute Gasteiger partial charge is 0.454 e. The Balaban J connectivity index is 1.12. The van der Waals surface area contributed by atoms with Crippen molar-refractivity contribution in [3.8, 4) is 22.3 Å². The zero-order chi connectivity index (χ0) is 42.2. The fraction of sp³-hybridized carbons (Fsp3) is 0.0877.